The molecular formula is C18H25F7N2O3. The number of halogens is 7. The second-order valence-corrected chi connectivity index (χ2v) is 7.85. The van der Waals surface area contributed by atoms with Crippen LogP contribution in [0.4, 0.5) is 35.5 Å². The molecule has 2 saturated heterocycles. The Hall–Kier alpha value is -1.75. The number of piperidine rings is 1. The van der Waals surface area contributed by atoms with Gasteiger partial charge in [-0.05, 0) is 18.8 Å². The quantitative estimate of drug-likeness (QED) is 0.562. The van der Waals surface area contributed by atoms with Gasteiger partial charge in [0.2, 0.25) is 5.91 Å². The van der Waals surface area contributed by atoms with Crippen LogP contribution in [0.25, 0.3) is 0 Å². The molecule has 2 heterocycles. The highest BCUT2D eigenvalue weighted by Crippen LogP contribution is 2.49. The molecule has 2 atom stereocenters. The van der Waals surface area contributed by atoms with Crippen molar-refractivity contribution in [3.8, 4) is 0 Å². The number of amides is 2. The fourth-order valence-electron chi connectivity index (χ4n) is 3.85. The zero-order valence-corrected chi connectivity index (χ0v) is 16.7. The largest absolute Gasteiger partial charge is 0.447 e. The molecule has 2 unspecified atom stereocenters. The van der Waals surface area contributed by atoms with Gasteiger partial charge in [-0.1, -0.05) is 20.3 Å². The molecule has 0 saturated carbocycles. The van der Waals surface area contributed by atoms with Gasteiger partial charge in [-0.15, -0.1) is 0 Å². The lowest BCUT2D eigenvalue weighted by Crippen LogP contribution is -2.54. The van der Waals surface area contributed by atoms with Crippen LogP contribution in [0.2, 0.25) is 0 Å². The summed E-state index contributed by atoms with van der Waals surface area (Å²) in [6, 6.07) is -0.367. The van der Waals surface area contributed by atoms with E-state index in [0.29, 0.717) is 12.8 Å². The molecule has 0 bridgehead atoms. The van der Waals surface area contributed by atoms with Crippen LogP contribution in [0.5, 0.6) is 0 Å². The molecule has 2 aliphatic rings. The minimum Gasteiger partial charge on any atom is -0.447 e. The third kappa shape index (κ3) is 4.77. The van der Waals surface area contributed by atoms with Gasteiger partial charge in [0.25, 0.3) is 5.67 Å². The SMILES string of the molecule is CCC(C)C1COC(=O)N1C1CCN(C(=O)CCC(F)(C(F)(F)F)C(F)(F)F)CC1. The third-order valence-electron chi connectivity index (χ3n) is 6.04. The lowest BCUT2D eigenvalue weighted by atomic mass is 9.94. The first-order chi connectivity index (χ1) is 13.7. The summed E-state index contributed by atoms with van der Waals surface area (Å²) in [7, 11) is 0. The van der Waals surface area contributed by atoms with Gasteiger partial charge < -0.3 is 9.64 Å². The van der Waals surface area contributed by atoms with E-state index in [0.717, 1.165) is 11.3 Å². The highest BCUT2D eigenvalue weighted by molar-refractivity contribution is 5.76. The van der Waals surface area contributed by atoms with Gasteiger partial charge in [-0.25, -0.2) is 9.18 Å². The maximum Gasteiger partial charge on any atom is 0.431 e. The van der Waals surface area contributed by atoms with E-state index in [-0.39, 0.29) is 37.7 Å². The van der Waals surface area contributed by atoms with Crippen molar-refractivity contribution >= 4 is 12.0 Å². The van der Waals surface area contributed by atoms with E-state index in [1.54, 1.807) is 4.90 Å². The van der Waals surface area contributed by atoms with E-state index in [1.165, 1.54) is 0 Å². The normalized spacial score (nSPS) is 23.0. The first kappa shape index (κ1) is 24.5. The number of ether oxygens (including phenoxy) is 1. The van der Waals surface area contributed by atoms with Crippen LogP contribution in [-0.4, -0.2) is 71.6 Å². The van der Waals surface area contributed by atoms with Crippen molar-refractivity contribution in [2.24, 2.45) is 5.92 Å². The number of cyclic esters (lactones) is 1. The monoisotopic (exact) mass is 450 g/mol. The van der Waals surface area contributed by atoms with Gasteiger partial charge >= 0.3 is 18.4 Å². The predicted molar refractivity (Wildman–Crippen MR) is 91.2 cm³/mol. The summed E-state index contributed by atoms with van der Waals surface area (Å²) < 4.78 is 94.5. The number of carbonyl (C=O) groups is 2. The average molecular weight is 450 g/mol. The van der Waals surface area contributed by atoms with Crippen molar-refractivity contribution in [2.75, 3.05) is 19.7 Å². The number of likely N-dealkylation sites (tertiary alicyclic amines) is 1. The minimum absolute atomic E-state index is 0.0534. The molecule has 0 spiro atoms. The Bertz CT molecular complexity index is 616. The molecule has 2 amide bonds. The standard InChI is InChI=1S/C18H25F7N2O3/c1-3-11(2)13-10-30-15(29)27(13)12-5-8-26(9-6-12)14(28)4-7-16(19,17(20,21)22)18(23,24)25/h11-13H,3-10H2,1-2H3. The summed E-state index contributed by atoms with van der Waals surface area (Å²) in [6.45, 7) is 4.30. The third-order valence-corrected chi connectivity index (χ3v) is 6.04. The molecule has 5 nitrogen and oxygen atoms in total. The molecule has 174 valence electrons. The van der Waals surface area contributed by atoms with Crippen LogP contribution in [0.1, 0.15) is 46.0 Å². The smallest absolute Gasteiger partial charge is 0.431 e. The van der Waals surface area contributed by atoms with E-state index >= 15 is 0 Å². The molecule has 2 aliphatic heterocycles. The number of nitrogens with zero attached hydrogens (tertiary/aromatic N) is 2. The van der Waals surface area contributed by atoms with E-state index in [9.17, 15) is 40.3 Å². The number of carbonyl (C=O) groups excluding carboxylic acids is 2. The van der Waals surface area contributed by atoms with Crippen molar-refractivity contribution in [1.82, 2.24) is 9.80 Å². The van der Waals surface area contributed by atoms with Gasteiger partial charge in [0.15, 0.2) is 0 Å². The van der Waals surface area contributed by atoms with Crippen LogP contribution in [0.3, 0.4) is 0 Å². The second-order valence-electron chi connectivity index (χ2n) is 7.85. The molecular weight excluding hydrogens is 425 g/mol. The Labute approximate surface area is 169 Å². The van der Waals surface area contributed by atoms with Gasteiger partial charge in [0, 0.05) is 32.0 Å². The van der Waals surface area contributed by atoms with Crippen molar-refractivity contribution in [3.63, 3.8) is 0 Å². The van der Waals surface area contributed by atoms with Gasteiger partial charge in [-0.3, -0.25) is 9.69 Å². The fraction of sp³-hybridized carbons (Fsp3) is 0.889. The Morgan fingerprint density at radius 1 is 1.10 bits per heavy atom. The van der Waals surface area contributed by atoms with Crippen molar-refractivity contribution in [2.45, 2.75) is 76.1 Å². The summed E-state index contributed by atoms with van der Waals surface area (Å²) in [4.78, 5) is 27.0. The molecule has 0 N–H and O–H groups in total. The van der Waals surface area contributed by atoms with Crippen LogP contribution < -0.4 is 0 Å². The zero-order chi connectivity index (χ0) is 22.9. The van der Waals surface area contributed by atoms with Crippen LogP contribution >= 0.6 is 0 Å². The Kier molecular flexibility index (Phi) is 7.17. The highest BCUT2D eigenvalue weighted by Gasteiger charge is 2.72. The summed E-state index contributed by atoms with van der Waals surface area (Å²) in [6.07, 6.45) is -14.6. The summed E-state index contributed by atoms with van der Waals surface area (Å²) in [5, 5.41) is 0. The van der Waals surface area contributed by atoms with Crippen molar-refractivity contribution in [3.05, 3.63) is 0 Å². The molecule has 2 rings (SSSR count). The van der Waals surface area contributed by atoms with Crippen LogP contribution in [0.15, 0.2) is 0 Å². The molecule has 0 radical (unpaired) electrons. The second kappa shape index (κ2) is 8.78. The highest BCUT2D eigenvalue weighted by atomic mass is 19.4. The topological polar surface area (TPSA) is 49.9 Å². The van der Waals surface area contributed by atoms with E-state index in [4.69, 9.17) is 4.74 Å². The summed E-state index contributed by atoms with van der Waals surface area (Å²) in [5.74, 6) is -0.801. The lowest BCUT2D eigenvalue weighted by Gasteiger charge is -2.39. The maximum absolute atomic E-state index is 13.7. The van der Waals surface area contributed by atoms with Crippen molar-refractivity contribution in [1.29, 1.82) is 0 Å². The molecule has 0 aromatic carbocycles. The Morgan fingerprint density at radius 2 is 1.63 bits per heavy atom. The van der Waals surface area contributed by atoms with Crippen LogP contribution in [0, 0.1) is 5.92 Å². The molecule has 2 fully saturated rings. The molecule has 30 heavy (non-hydrogen) atoms. The van der Waals surface area contributed by atoms with Crippen molar-refractivity contribution < 1.29 is 45.1 Å². The fourth-order valence-corrected chi connectivity index (χ4v) is 3.85. The van der Waals surface area contributed by atoms with Gasteiger partial charge in [-0.2, -0.15) is 26.3 Å². The number of rotatable bonds is 6. The van der Waals surface area contributed by atoms with E-state index in [2.05, 4.69) is 0 Å². The molecule has 0 aromatic rings. The Morgan fingerprint density at radius 3 is 2.10 bits per heavy atom. The van der Waals surface area contributed by atoms with E-state index in [1.807, 2.05) is 13.8 Å². The van der Waals surface area contributed by atoms with Gasteiger partial charge in [0.1, 0.15) is 6.61 Å². The van der Waals surface area contributed by atoms with E-state index < -0.39 is 42.9 Å². The molecule has 0 aromatic heterocycles. The number of alkyl halides is 7. The number of hydrogen-bond acceptors (Lipinski definition) is 3. The zero-order valence-electron chi connectivity index (χ0n) is 16.7. The van der Waals surface area contributed by atoms with Crippen LogP contribution in [-0.2, 0) is 9.53 Å². The molecule has 0 aliphatic carbocycles. The maximum atomic E-state index is 13.7. The summed E-state index contributed by atoms with van der Waals surface area (Å²) >= 11 is 0. The predicted octanol–water partition coefficient (Wildman–Crippen LogP) is 4.46. The lowest BCUT2D eigenvalue weighted by molar-refractivity contribution is -0.343. The average Bonchev–Trinajstić information content (AvgIpc) is 3.04. The number of hydrogen-bond donors (Lipinski definition) is 0. The summed E-state index contributed by atoms with van der Waals surface area (Å²) in [5.41, 5.74) is -5.43. The first-order valence-electron chi connectivity index (χ1n) is 9.78. The minimum atomic E-state index is -6.17. The Balaban J connectivity index is 1.95. The molecule has 12 heteroatoms. The first-order valence-corrected chi connectivity index (χ1v) is 9.78. The van der Waals surface area contributed by atoms with Gasteiger partial charge in [0.05, 0.1) is 6.04 Å².